The molecule has 2 amide bonds. The fourth-order valence-electron chi connectivity index (χ4n) is 1.75. The van der Waals surface area contributed by atoms with Crippen LogP contribution in [0.15, 0.2) is 0 Å². The van der Waals surface area contributed by atoms with Crippen molar-refractivity contribution >= 4 is 12.0 Å². The first-order valence-corrected chi connectivity index (χ1v) is 5.93. The van der Waals surface area contributed by atoms with Crippen LogP contribution >= 0.6 is 0 Å². The number of aliphatic hydroxyl groups is 1. The van der Waals surface area contributed by atoms with Crippen molar-refractivity contribution in [3.05, 3.63) is 0 Å². The van der Waals surface area contributed by atoms with Gasteiger partial charge < -0.3 is 25.6 Å². The van der Waals surface area contributed by atoms with Gasteiger partial charge in [0.05, 0.1) is 11.6 Å². The van der Waals surface area contributed by atoms with Crippen LogP contribution in [-0.2, 0) is 9.53 Å². The lowest BCUT2D eigenvalue weighted by molar-refractivity contribution is -0.146. The quantitative estimate of drug-likeness (QED) is 0.542. The molecule has 1 aliphatic rings. The van der Waals surface area contributed by atoms with Crippen molar-refractivity contribution in [3.8, 4) is 0 Å². The van der Waals surface area contributed by atoms with Gasteiger partial charge in [-0.05, 0) is 20.3 Å². The number of rotatable bonds is 5. The number of aliphatic carboxylic acids is 1. The number of carboxylic acids is 1. The summed E-state index contributed by atoms with van der Waals surface area (Å²) in [4.78, 5) is 21.9. The molecule has 1 aliphatic heterocycles. The smallest absolute Gasteiger partial charge is 0.332 e. The van der Waals surface area contributed by atoms with Crippen molar-refractivity contribution in [1.82, 2.24) is 10.6 Å². The number of carbonyl (C=O) groups excluding carboxylic acids is 1. The van der Waals surface area contributed by atoms with Gasteiger partial charge in [-0.25, -0.2) is 9.59 Å². The van der Waals surface area contributed by atoms with E-state index in [1.807, 2.05) is 13.8 Å². The van der Waals surface area contributed by atoms with Crippen molar-refractivity contribution in [1.29, 1.82) is 0 Å². The van der Waals surface area contributed by atoms with Gasteiger partial charge in [0.2, 0.25) is 0 Å². The summed E-state index contributed by atoms with van der Waals surface area (Å²) >= 11 is 0. The molecule has 0 aliphatic carbocycles. The Bertz CT molecular complexity index is 323. The first-order valence-electron chi connectivity index (χ1n) is 5.93. The molecule has 0 aromatic carbocycles. The van der Waals surface area contributed by atoms with E-state index >= 15 is 0 Å². The van der Waals surface area contributed by atoms with Crippen LogP contribution in [0.2, 0.25) is 0 Å². The zero-order valence-corrected chi connectivity index (χ0v) is 10.6. The molecule has 0 aromatic heterocycles. The van der Waals surface area contributed by atoms with Crippen LogP contribution in [0.5, 0.6) is 0 Å². The van der Waals surface area contributed by atoms with Crippen molar-refractivity contribution in [2.24, 2.45) is 0 Å². The monoisotopic (exact) mass is 260 g/mol. The molecule has 1 saturated heterocycles. The standard InChI is InChI=1S/C11H20N2O5/c1-7-11(2,4-6-18-7)13-10(17)12-5-3-8(14)9(15)16/h7-8,14H,3-6H2,1-2H3,(H,15,16)(H2,12,13,17). The topological polar surface area (TPSA) is 108 Å². The zero-order valence-electron chi connectivity index (χ0n) is 10.6. The van der Waals surface area contributed by atoms with Gasteiger partial charge in [0, 0.05) is 19.6 Å². The number of carboxylic acid groups (broad SMARTS) is 1. The second kappa shape index (κ2) is 6.01. The molecule has 7 nitrogen and oxygen atoms in total. The number of carbonyl (C=O) groups is 2. The van der Waals surface area contributed by atoms with Crippen LogP contribution in [0, 0.1) is 0 Å². The molecule has 7 heteroatoms. The number of amides is 2. The van der Waals surface area contributed by atoms with Crippen molar-refractivity contribution in [2.45, 2.75) is 44.4 Å². The minimum absolute atomic E-state index is 0.0223. The highest BCUT2D eigenvalue weighted by atomic mass is 16.5. The summed E-state index contributed by atoms with van der Waals surface area (Å²) in [7, 11) is 0. The molecule has 4 N–H and O–H groups in total. The van der Waals surface area contributed by atoms with Crippen molar-refractivity contribution in [3.63, 3.8) is 0 Å². The number of aliphatic hydroxyl groups excluding tert-OH is 1. The van der Waals surface area contributed by atoms with E-state index < -0.39 is 17.6 Å². The maximum Gasteiger partial charge on any atom is 0.332 e. The molecule has 0 aromatic rings. The van der Waals surface area contributed by atoms with E-state index in [-0.39, 0.29) is 25.1 Å². The third kappa shape index (κ3) is 3.85. The Labute approximate surface area is 106 Å². The van der Waals surface area contributed by atoms with Gasteiger partial charge in [0.1, 0.15) is 0 Å². The number of ether oxygens (including phenoxy) is 1. The Morgan fingerprint density at radius 2 is 2.22 bits per heavy atom. The lowest BCUT2D eigenvalue weighted by Crippen LogP contribution is -2.54. The fourth-order valence-corrected chi connectivity index (χ4v) is 1.75. The van der Waals surface area contributed by atoms with Gasteiger partial charge in [0.25, 0.3) is 0 Å². The highest BCUT2D eigenvalue weighted by Crippen LogP contribution is 2.24. The highest BCUT2D eigenvalue weighted by Gasteiger charge is 2.38. The zero-order chi connectivity index (χ0) is 13.8. The van der Waals surface area contributed by atoms with Crippen LogP contribution in [-0.4, -0.2) is 53.1 Å². The average Bonchev–Trinajstić information content (AvgIpc) is 2.58. The molecule has 1 heterocycles. The second-order valence-electron chi connectivity index (χ2n) is 4.70. The lowest BCUT2D eigenvalue weighted by atomic mass is 9.95. The van der Waals surface area contributed by atoms with Crippen LogP contribution < -0.4 is 10.6 Å². The molecular formula is C11H20N2O5. The molecule has 1 rings (SSSR count). The van der Waals surface area contributed by atoms with Crippen LogP contribution in [0.4, 0.5) is 4.79 Å². The van der Waals surface area contributed by atoms with E-state index in [2.05, 4.69) is 10.6 Å². The Morgan fingerprint density at radius 3 is 2.72 bits per heavy atom. The average molecular weight is 260 g/mol. The largest absolute Gasteiger partial charge is 0.479 e. The molecule has 0 saturated carbocycles. The summed E-state index contributed by atoms with van der Waals surface area (Å²) in [6.45, 7) is 4.50. The molecular weight excluding hydrogens is 240 g/mol. The Kier molecular flexibility index (Phi) is 4.92. The summed E-state index contributed by atoms with van der Waals surface area (Å²) in [5.74, 6) is -1.29. The Morgan fingerprint density at radius 1 is 1.56 bits per heavy atom. The second-order valence-corrected chi connectivity index (χ2v) is 4.70. The van der Waals surface area contributed by atoms with E-state index in [9.17, 15) is 9.59 Å². The number of nitrogens with one attached hydrogen (secondary N) is 2. The van der Waals surface area contributed by atoms with Gasteiger partial charge in [-0.3, -0.25) is 0 Å². The maximum atomic E-state index is 11.6. The molecule has 3 unspecified atom stereocenters. The highest BCUT2D eigenvalue weighted by molar-refractivity contribution is 5.75. The van der Waals surface area contributed by atoms with Gasteiger partial charge >= 0.3 is 12.0 Å². The molecule has 3 atom stereocenters. The molecule has 0 spiro atoms. The summed E-state index contributed by atoms with van der Waals surface area (Å²) in [5.41, 5.74) is -0.407. The normalized spacial score (nSPS) is 28.7. The van der Waals surface area contributed by atoms with Crippen molar-refractivity contribution < 1.29 is 24.5 Å². The summed E-state index contributed by atoms with van der Waals surface area (Å²) in [6.07, 6.45) is -0.798. The molecule has 18 heavy (non-hydrogen) atoms. The van der Waals surface area contributed by atoms with Crippen molar-refractivity contribution in [2.75, 3.05) is 13.2 Å². The number of hydrogen-bond donors (Lipinski definition) is 4. The van der Waals surface area contributed by atoms with E-state index in [0.717, 1.165) is 6.42 Å². The predicted octanol–water partition coefficient (Wildman–Crippen LogP) is -0.311. The molecule has 0 bridgehead atoms. The van der Waals surface area contributed by atoms with Crippen LogP contribution in [0.25, 0.3) is 0 Å². The van der Waals surface area contributed by atoms with Gasteiger partial charge in [-0.15, -0.1) is 0 Å². The number of urea groups is 1. The van der Waals surface area contributed by atoms with E-state index in [4.69, 9.17) is 14.9 Å². The van der Waals surface area contributed by atoms with Crippen LogP contribution in [0.1, 0.15) is 26.7 Å². The first kappa shape index (κ1) is 14.7. The van der Waals surface area contributed by atoms with Gasteiger partial charge in [-0.1, -0.05) is 0 Å². The van der Waals surface area contributed by atoms with Gasteiger partial charge in [-0.2, -0.15) is 0 Å². The van der Waals surface area contributed by atoms with E-state index in [0.29, 0.717) is 6.61 Å². The first-order chi connectivity index (χ1) is 8.35. The summed E-state index contributed by atoms with van der Waals surface area (Å²) in [5, 5.41) is 22.8. The molecule has 0 radical (unpaired) electrons. The molecule has 104 valence electrons. The van der Waals surface area contributed by atoms with E-state index in [1.165, 1.54) is 0 Å². The Balaban J connectivity index is 2.28. The summed E-state index contributed by atoms with van der Waals surface area (Å²) < 4.78 is 5.38. The fraction of sp³-hybridized carbons (Fsp3) is 0.818. The minimum atomic E-state index is -1.45. The van der Waals surface area contributed by atoms with E-state index in [1.54, 1.807) is 0 Å². The van der Waals surface area contributed by atoms with Crippen LogP contribution in [0.3, 0.4) is 0 Å². The third-order valence-corrected chi connectivity index (χ3v) is 3.27. The Hall–Kier alpha value is -1.34. The summed E-state index contributed by atoms with van der Waals surface area (Å²) in [6, 6.07) is -0.382. The third-order valence-electron chi connectivity index (χ3n) is 3.27. The SMILES string of the molecule is CC1OCCC1(C)NC(=O)NCCC(O)C(=O)O. The minimum Gasteiger partial charge on any atom is -0.479 e. The lowest BCUT2D eigenvalue weighted by Gasteiger charge is -2.28. The molecule has 1 fully saturated rings. The number of hydrogen-bond acceptors (Lipinski definition) is 4. The predicted molar refractivity (Wildman–Crippen MR) is 63.2 cm³/mol. The maximum absolute atomic E-state index is 11.6. The van der Waals surface area contributed by atoms with Gasteiger partial charge in [0.15, 0.2) is 6.10 Å².